The molecule has 0 aromatic heterocycles. The molecule has 7 aliphatic carbocycles. The Morgan fingerprint density at radius 1 is 0.202 bits per heavy atom. The molecule has 16 rings (SSSR count). The highest BCUT2D eigenvalue weighted by atomic mass is 19.2. The van der Waals surface area contributed by atoms with Crippen molar-refractivity contribution >= 4 is 0 Å². The van der Waals surface area contributed by atoms with Crippen molar-refractivity contribution in [2.24, 2.45) is 53.3 Å². The fourth-order valence-electron chi connectivity index (χ4n) is 20.4. The predicted molar refractivity (Wildman–Crippen MR) is 478 cm³/mol. The van der Waals surface area contributed by atoms with Crippen molar-refractivity contribution in [3.63, 3.8) is 0 Å². The highest BCUT2D eigenvalue weighted by molar-refractivity contribution is 5.68. The van der Waals surface area contributed by atoms with Crippen LogP contribution in [-0.2, 0) is 0 Å². The summed E-state index contributed by atoms with van der Waals surface area (Å²) in [5.74, 6) is -0.429. The zero-order valence-electron chi connectivity index (χ0n) is 74.9. The van der Waals surface area contributed by atoms with Gasteiger partial charge in [-0.2, -0.15) is 17.6 Å². The molecule has 0 heterocycles. The van der Waals surface area contributed by atoms with Crippen LogP contribution < -0.4 is 18.9 Å². The van der Waals surface area contributed by atoms with Crippen LogP contribution in [0.2, 0.25) is 0 Å². The first-order valence-electron chi connectivity index (χ1n) is 45.8. The van der Waals surface area contributed by atoms with Gasteiger partial charge in [-0.15, -0.1) is 0 Å². The van der Waals surface area contributed by atoms with Crippen LogP contribution in [-0.4, -0.2) is 28.4 Å². The maximum Gasteiger partial charge on any atom is 0.201 e. The van der Waals surface area contributed by atoms with Gasteiger partial charge in [0.2, 0.25) is 23.3 Å². The molecule has 670 valence electrons. The number of rotatable bonds is 14. The molecule has 0 unspecified atom stereocenters. The molecule has 0 spiro atoms. The van der Waals surface area contributed by atoms with E-state index in [4.69, 9.17) is 18.9 Å². The van der Waals surface area contributed by atoms with E-state index in [-0.39, 0.29) is 51.9 Å². The van der Waals surface area contributed by atoms with Crippen molar-refractivity contribution in [3.05, 3.63) is 260 Å². The molecular formula is C108H130F12O4. The minimum Gasteiger partial charge on any atom is -0.494 e. The first kappa shape index (κ1) is 96.0. The Morgan fingerprint density at radius 2 is 0.411 bits per heavy atom. The molecule has 7 saturated carbocycles. The molecular weight excluding hydrogens is 1590 g/mol. The second-order valence-corrected chi connectivity index (χ2v) is 37.3. The normalized spacial score (nSPS) is 24.4. The summed E-state index contributed by atoms with van der Waals surface area (Å²) >= 11 is 0. The molecule has 4 nitrogen and oxygen atoms in total. The number of methoxy groups -OCH3 is 4. The van der Waals surface area contributed by atoms with E-state index >= 15 is 0 Å². The highest BCUT2D eigenvalue weighted by Crippen LogP contribution is 2.49. The molecule has 124 heavy (non-hydrogen) atoms. The van der Waals surface area contributed by atoms with Gasteiger partial charge in [0.1, 0.15) is 0 Å². The maximum absolute atomic E-state index is 14.3. The molecule has 7 fully saturated rings. The van der Waals surface area contributed by atoms with E-state index in [1.54, 1.807) is 74.5 Å². The first-order valence-corrected chi connectivity index (χ1v) is 45.8. The van der Waals surface area contributed by atoms with Crippen molar-refractivity contribution in [1.29, 1.82) is 0 Å². The Balaban J connectivity index is 0.000000145. The summed E-state index contributed by atoms with van der Waals surface area (Å²) in [6, 6.07) is 42.3. The van der Waals surface area contributed by atoms with E-state index in [1.807, 2.05) is 43.3 Å². The summed E-state index contributed by atoms with van der Waals surface area (Å²) in [7, 11) is 5.36. The number of ether oxygens (including phenoxy) is 4. The molecule has 9 aromatic carbocycles. The van der Waals surface area contributed by atoms with Gasteiger partial charge in [0.15, 0.2) is 69.5 Å². The largest absolute Gasteiger partial charge is 0.494 e. The van der Waals surface area contributed by atoms with Crippen molar-refractivity contribution in [3.8, 4) is 56.4 Å². The fourth-order valence-corrected chi connectivity index (χ4v) is 20.4. The van der Waals surface area contributed by atoms with Gasteiger partial charge in [-0.25, -0.2) is 35.1 Å². The fraction of sp³-hybridized carbons (Fsp3) is 0.500. The van der Waals surface area contributed by atoms with Crippen LogP contribution in [0.4, 0.5) is 52.7 Å². The Morgan fingerprint density at radius 3 is 0.718 bits per heavy atom. The summed E-state index contributed by atoms with van der Waals surface area (Å²) in [4.78, 5) is 0. The van der Waals surface area contributed by atoms with E-state index < -0.39 is 69.8 Å². The third-order valence-electron chi connectivity index (χ3n) is 28.8. The minimum absolute atomic E-state index is 0.00346. The Hall–Kier alpha value is -8.66. The summed E-state index contributed by atoms with van der Waals surface area (Å²) in [5, 5.41) is 0. The predicted octanol–water partition coefficient (Wildman–Crippen LogP) is 32.8. The summed E-state index contributed by atoms with van der Waals surface area (Å²) in [6.07, 6.45) is 33.8. The molecule has 0 bridgehead atoms. The van der Waals surface area contributed by atoms with E-state index in [2.05, 4.69) is 58.9 Å². The lowest BCUT2D eigenvalue weighted by Crippen LogP contribution is -2.25. The number of benzene rings is 9. The van der Waals surface area contributed by atoms with E-state index in [1.165, 1.54) is 179 Å². The molecule has 0 atom stereocenters. The highest BCUT2D eigenvalue weighted by Gasteiger charge is 2.35. The SMILES string of the molecule is COc1ccc(-c2ccc(C)cc2)c(F)c1F.COc1ccc(-c2ccc(C3CCC(C)CC3)cc2)c(F)c1F.COc1ccc(C2CCC(C)CC2)c(F)c1F.COc1ccc(C2CCC(C3CCC(C)CC3)CC2)c(F)c1F.Cc1ccc(-c2ccc(C3CCC(C)CC3)cc2)c(F)c1F.Cc1ccc(C2CCC(C3CCC(C)CC3)CC2)c(F)c1F. The molecule has 16 heteroatoms. The Kier molecular flexibility index (Phi) is 35.3. The van der Waals surface area contributed by atoms with Crippen LogP contribution in [0.3, 0.4) is 0 Å². The lowest BCUT2D eigenvalue weighted by Gasteiger charge is -2.37. The van der Waals surface area contributed by atoms with Gasteiger partial charge >= 0.3 is 0 Å². The number of hydrogen-bond acceptors (Lipinski definition) is 4. The van der Waals surface area contributed by atoms with Gasteiger partial charge in [0.05, 0.1) is 28.4 Å². The standard InChI is InChI=1S/C20H28F2O.C20H22F2O.C20H28F2.C20H22F2.C14H18F2O.C14H12F2O/c2*1-13-3-5-14(6-4-13)15-7-9-16(10-8-15)17-11-12-18(23-2)20(22)19(17)21;2*1-13-3-6-15(7-4-13)16-8-10-17(11-9-16)18-12-5-14(2)19(21)20(18)22;2*1-9-3-5-10(6-4-9)11-7-8-12(17-2)14(16)13(11)15/h11-16H,3-10H2,1-2H3;7-14H,3-6H2,1-2H3;5,12-13,15-17H,3-4,6-11H2,1-2H3;5,8-13,15H,3-4,6-7H2,1-2H3;7-10H,3-6H2,1-2H3;3-8H,1-2H3. The molecule has 0 N–H and O–H groups in total. The molecule has 0 saturated heterocycles. The third-order valence-corrected chi connectivity index (χ3v) is 28.8. The van der Waals surface area contributed by atoms with E-state index in [0.717, 1.165) is 123 Å². The number of halogens is 12. The average Bonchev–Trinajstić information content (AvgIpc) is 0.857. The third kappa shape index (κ3) is 24.6. The summed E-state index contributed by atoms with van der Waals surface area (Å²) < 4.78 is 186. The van der Waals surface area contributed by atoms with Crippen molar-refractivity contribution < 1.29 is 71.6 Å². The zero-order chi connectivity index (χ0) is 89.0. The lowest BCUT2D eigenvalue weighted by molar-refractivity contribution is 0.164. The minimum atomic E-state index is -0.953. The van der Waals surface area contributed by atoms with Gasteiger partial charge < -0.3 is 18.9 Å². The van der Waals surface area contributed by atoms with Crippen molar-refractivity contribution in [2.45, 2.75) is 265 Å². The van der Waals surface area contributed by atoms with Gasteiger partial charge in [-0.05, 0) is 311 Å². The Labute approximate surface area is 730 Å². The summed E-state index contributed by atoms with van der Waals surface area (Å²) in [5.41, 5.74) is 9.04. The van der Waals surface area contributed by atoms with Crippen LogP contribution in [0.15, 0.2) is 146 Å². The topological polar surface area (TPSA) is 36.9 Å². The number of hydrogen-bond donors (Lipinski definition) is 0. The number of aryl methyl sites for hydroxylation is 3. The second kappa shape index (κ2) is 45.7. The smallest absolute Gasteiger partial charge is 0.201 e. The van der Waals surface area contributed by atoms with Gasteiger partial charge in [-0.3, -0.25) is 0 Å². The lowest BCUT2D eigenvalue weighted by atomic mass is 9.68. The zero-order valence-corrected chi connectivity index (χ0v) is 74.9. The molecule has 9 aromatic rings. The summed E-state index contributed by atoms with van der Waals surface area (Å²) in [6.45, 7) is 16.7. The molecule has 0 aliphatic heterocycles. The van der Waals surface area contributed by atoms with Crippen LogP contribution >= 0.6 is 0 Å². The monoisotopic (exact) mass is 1720 g/mol. The molecule has 0 amide bonds. The quantitative estimate of drug-likeness (QED) is 0.102. The maximum atomic E-state index is 14.3. The Bertz CT molecular complexity index is 4860. The van der Waals surface area contributed by atoms with Gasteiger partial charge in [-0.1, -0.05) is 214 Å². The average molecular weight is 1720 g/mol. The van der Waals surface area contributed by atoms with E-state index in [0.29, 0.717) is 62.3 Å². The molecule has 0 radical (unpaired) electrons. The van der Waals surface area contributed by atoms with Crippen molar-refractivity contribution in [1.82, 2.24) is 0 Å². The first-order chi connectivity index (χ1) is 59.6. The van der Waals surface area contributed by atoms with Crippen LogP contribution in [0.1, 0.15) is 288 Å². The van der Waals surface area contributed by atoms with Gasteiger partial charge in [0, 0.05) is 16.7 Å². The van der Waals surface area contributed by atoms with E-state index in [9.17, 15) is 52.7 Å². The van der Waals surface area contributed by atoms with Crippen LogP contribution in [0.25, 0.3) is 33.4 Å². The second-order valence-electron chi connectivity index (χ2n) is 37.3. The van der Waals surface area contributed by atoms with Gasteiger partial charge in [0.25, 0.3) is 0 Å². The molecule has 7 aliphatic rings. The van der Waals surface area contributed by atoms with Crippen LogP contribution in [0, 0.1) is 144 Å². The van der Waals surface area contributed by atoms with Crippen molar-refractivity contribution in [2.75, 3.05) is 28.4 Å². The van der Waals surface area contributed by atoms with Crippen LogP contribution in [0.5, 0.6) is 23.0 Å².